The number of halogens is 2. The van der Waals surface area contributed by atoms with Gasteiger partial charge in [0.25, 0.3) is 0 Å². The van der Waals surface area contributed by atoms with Crippen LogP contribution < -0.4 is 11.3 Å². The van der Waals surface area contributed by atoms with E-state index < -0.39 is 5.82 Å². The zero-order valence-electron chi connectivity index (χ0n) is 10.4. The van der Waals surface area contributed by atoms with E-state index in [4.69, 9.17) is 17.4 Å². The average molecular weight is 307 g/mol. The number of fused-ring (bicyclic) bond motifs is 1. The van der Waals surface area contributed by atoms with Crippen molar-refractivity contribution < 1.29 is 4.39 Å². The molecule has 20 heavy (non-hydrogen) atoms. The monoisotopic (exact) mass is 306 g/mol. The third-order valence-electron chi connectivity index (χ3n) is 3.26. The minimum absolute atomic E-state index is 0.110. The standard InChI is InChI=1S/C15H12ClFN2S/c16-12-5-4-10(8-13(12)17)14(19-18)11-3-1-2-9-6-7-20-15(9)11/h1-8,14,19H,18H2. The zero-order valence-corrected chi connectivity index (χ0v) is 12.0. The molecule has 3 rings (SSSR count). The highest BCUT2D eigenvalue weighted by Crippen LogP contribution is 2.32. The van der Waals surface area contributed by atoms with Crippen LogP contribution in [0, 0.1) is 5.82 Å². The number of thiophene rings is 1. The Kier molecular flexibility index (Phi) is 3.72. The highest BCUT2D eigenvalue weighted by molar-refractivity contribution is 7.17. The van der Waals surface area contributed by atoms with Gasteiger partial charge in [0.15, 0.2) is 0 Å². The summed E-state index contributed by atoms with van der Waals surface area (Å²) in [6, 6.07) is 12.5. The van der Waals surface area contributed by atoms with Crippen molar-refractivity contribution in [2.24, 2.45) is 5.84 Å². The third-order valence-corrected chi connectivity index (χ3v) is 4.55. The molecule has 2 aromatic carbocycles. The van der Waals surface area contributed by atoms with E-state index in [-0.39, 0.29) is 11.1 Å². The highest BCUT2D eigenvalue weighted by Gasteiger charge is 2.17. The molecule has 0 spiro atoms. The Morgan fingerprint density at radius 1 is 1.20 bits per heavy atom. The molecule has 1 heterocycles. The summed E-state index contributed by atoms with van der Waals surface area (Å²) >= 11 is 7.37. The van der Waals surface area contributed by atoms with Gasteiger partial charge in [-0.05, 0) is 40.1 Å². The van der Waals surface area contributed by atoms with Crippen molar-refractivity contribution >= 4 is 33.0 Å². The fourth-order valence-electron chi connectivity index (χ4n) is 2.30. The Hall–Kier alpha value is -1.46. The minimum Gasteiger partial charge on any atom is -0.271 e. The van der Waals surface area contributed by atoms with Gasteiger partial charge in [-0.25, -0.2) is 9.82 Å². The topological polar surface area (TPSA) is 38.0 Å². The van der Waals surface area contributed by atoms with Gasteiger partial charge >= 0.3 is 0 Å². The summed E-state index contributed by atoms with van der Waals surface area (Å²) in [7, 11) is 0. The average Bonchev–Trinajstić information content (AvgIpc) is 2.93. The second-order valence-corrected chi connectivity index (χ2v) is 5.78. The summed E-state index contributed by atoms with van der Waals surface area (Å²) in [5.74, 6) is 5.24. The second-order valence-electron chi connectivity index (χ2n) is 4.46. The SMILES string of the molecule is NNC(c1ccc(Cl)c(F)c1)c1cccc2ccsc12. The summed E-state index contributed by atoms with van der Waals surface area (Å²) in [6.45, 7) is 0. The van der Waals surface area contributed by atoms with Crippen molar-refractivity contribution in [3.63, 3.8) is 0 Å². The molecule has 2 nitrogen and oxygen atoms in total. The first kappa shape index (κ1) is 13.5. The maximum atomic E-state index is 13.6. The van der Waals surface area contributed by atoms with E-state index >= 15 is 0 Å². The molecular formula is C15H12ClFN2S. The molecule has 0 amide bonds. The number of nitrogens with one attached hydrogen (secondary N) is 1. The molecule has 0 aliphatic heterocycles. The van der Waals surface area contributed by atoms with Crippen LogP contribution in [0.1, 0.15) is 17.2 Å². The lowest BCUT2D eigenvalue weighted by Gasteiger charge is -2.18. The largest absolute Gasteiger partial charge is 0.271 e. The van der Waals surface area contributed by atoms with Crippen molar-refractivity contribution in [3.05, 3.63) is 69.8 Å². The first-order valence-electron chi connectivity index (χ1n) is 6.08. The van der Waals surface area contributed by atoms with Gasteiger partial charge in [-0.1, -0.05) is 35.9 Å². The van der Waals surface area contributed by atoms with Gasteiger partial charge in [0.1, 0.15) is 5.82 Å². The van der Waals surface area contributed by atoms with Gasteiger partial charge in [-0.2, -0.15) is 0 Å². The Labute approximate surface area is 125 Å². The van der Waals surface area contributed by atoms with E-state index in [0.29, 0.717) is 0 Å². The van der Waals surface area contributed by atoms with Crippen LogP contribution in [-0.2, 0) is 0 Å². The van der Waals surface area contributed by atoms with Crippen LogP contribution >= 0.6 is 22.9 Å². The molecule has 5 heteroatoms. The molecule has 0 saturated heterocycles. The minimum atomic E-state index is -0.442. The van der Waals surface area contributed by atoms with E-state index in [1.165, 1.54) is 6.07 Å². The fourth-order valence-corrected chi connectivity index (χ4v) is 3.36. The molecule has 1 atom stereocenters. The van der Waals surface area contributed by atoms with Gasteiger partial charge in [0.2, 0.25) is 0 Å². The van der Waals surface area contributed by atoms with E-state index in [9.17, 15) is 4.39 Å². The quantitative estimate of drug-likeness (QED) is 0.561. The van der Waals surface area contributed by atoms with Crippen LogP contribution in [0.25, 0.3) is 10.1 Å². The summed E-state index contributed by atoms with van der Waals surface area (Å²) in [5, 5.41) is 3.30. The third kappa shape index (κ3) is 2.31. The first-order valence-corrected chi connectivity index (χ1v) is 7.33. The van der Waals surface area contributed by atoms with Gasteiger partial charge in [0, 0.05) is 4.70 Å². The van der Waals surface area contributed by atoms with Crippen molar-refractivity contribution in [3.8, 4) is 0 Å². The number of benzene rings is 2. The Morgan fingerprint density at radius 3 is 2.80 bits per heavy atom. The molecule has 0 radical (unpaired) electrons. The highest BCUT2D eigenvalue weighted by atomic mass is 35.5. The number of hydrazine groups is 1. The van der Waals surface area contributed by atoms with Crippen LogP contribution in [0.2, 0.25) is 5.02 Å². The molecular weight excluding hydrogens is 295 g/mol. The summed E-state index contributed by atoms with van der Waals surface area (Å²) in [4.78, 5) is 0. The van der Waals surface area contributed by atoms with E-state index in [1.54, 1.807) is 23.5 Å². The maximum absolute atomic E-state index is 13.6. The summed E-state index contributed by atoms with van der Waals surface area (Å²) in [5.41, 5.74) is 4.54. The molecule has 1 unspecified atom stereocenters. The van der Waals surface area contributed by atoms with Crippen LogP contribution in [0.3, 0.4) is 0 Å². The lowest BCUT2D eigenvalue weighted by molar-refractivity contribution is 0.607. The molecule has 3 aromatic rings. The maximum Gasteiger partial charge on any atom is 0.142 e. The van der Waals surface area contributed by atoms with Gasteiger partial charge < -0.3 is 0 Å². The van der Waals surface area contributed by atoms with Crippen molar-refractivity contribution in [2.75, 3.05) is 0 Å². The zero-order chi connectivity index (χ0) is 14.1. The normalized spacial score (nSPS) is 12.8. The van der Waals surface area contributed by atoms with Crippen LogP contribution in [0.15, 0.2) is 47.8 Å². The summed E-state index contributed by atoms with van der Waals surface area (Å²) in [6.07, 6.45) is 0. The van der Waals surface area contributed by atoms with Crippen molar-refractivity contribution in [1.82, 2.24) is 5.43 Å². The smallest absolute Gasteiger partial charge is 0.142 e. The second kappa shape index (κ2) is 5.50. The van der Waals surface area contributed by atoms with Crippen molar-refractivity contribution in [2.45, 2.75) is 6.04 Å². The Bertz CT molecular complexity index is 756. The van der Waals surface area contributed by atoms with Crippen LogP contribution in [0.4, 0.5) is 4.39 Å². The van der Waals surface area contributed by atoms with Crippen LogP contribution in [0.5, 0.6) is 0 Å². The van der Waals surface area contributed by atoms with Gasteiger partial charge in [0.05, 0.1) is 11.1 Å². The summed E-state index contributed by atoms with van der Waals surface area (Å²) < 4.78 is 14.8. The molecule has 3 N–H and O–H groups in total. The van der Waals surface area contributed by atoms with E-state index in [1.807, 2.05) is 23.6 Å². The van der Waals surface area contributed by atoms with Gasteiger partial charge in [-0.15, -0.1) is 11.3 Å². The van der Waals surface area contributed by atoms with Gasteiger partial charge in [-0.3, -0.25) is 5.84 Å². The van der Waals surface area contributed by atoms with Crippen LogP contribution in [-0.4, -0.2) is 0 Å². The Morgan fingerprint density at radius 2 is 2.05 bits per heavy atom. The van der Waals surface area contributed by atoms with E-state index in [2.05, 4.69) is 11.5 Å². The number of hydrogen-bond donors (Lipinski definition) is 2. The lowest BCUT2D eigenvalue weighted by atomic mass is 9.98. The number of nitrogens with two attached hydrogens (primary N) is 1. The van der Waals surface area contributed by atoms with E-state index in [0.717, 1.165) is 21.2 Å². The number of hydrogen-bond acceptors (Lipinski definition) is 3. The Balaban J connectivity index is 2.13. The molecule has 102 valence electrons. The molecule has 0 aliphatic rings. The molecule has 0 saturated carbocycles. The number of rotatable bonds is 3. The van der Waals surface area contributed by atoms with Crippen molar-refractivity contribution in [1.29, 1.82) is 0 Å². The molecule has 0 bridgehead atoms. The predicted molar refractivity (Wildman–Crippen MR) is 82.4 cm³/mol. The molecule has 0 fully saturated rings. The first-order chi connectivity index (χ1) is 9.70. The lowest BCUT2D eigenvalue weighted by Crippen LogP contribution is -2.29. The fraction of sp³-hybridized carbons (Fsp3) is 0.0667. The predicted octanol–water partition coefficient (Wildman–Crippen LogP) is 4.25. The molecule has 0 aliphatic carbocycles. The molecule has 1 aromatic heterocycles.